The molecule has 0 amide bonds. The van der Waals surface area contributed by atoms with Gasteiger partial charge in [-0.05, 0) is 51.2 Å². The zero-order chi connectivity index (χ0) is 28.4. The lowest BCUT2D eigenvalue weighted by Crippen LogP contribution is -2.61. The van der Waals surface area contributed by atoms with E-state index in [9.17, 15) is 24.1 Å². The standard InChI is InChI=1S/C24H29FN3O9PS/c1-15(2)35-20(30)16(3)27-38(33,37-17-7-5-4-6-8-17)34-14-24(25)21(31)23(10-12-39-23)13-19(36-24)28-11-9-18(29)26-22(28)32/h4-9,11,13,15-16,21,31H,10,12,14H2,1-3H3,(H,27,33)(H,26,29,32)/t16-,21-,23-,24+,38?/m0/s1. The van der Waals surface area contributed by atoms with Crippen molar-refractivity contribution in [3.05, 3.63) is 69.5 Å². The van der Waals surface area contributed by atoms with Crippen molar-refractivity contribution in [2.45, 2.75) is 56.0 Å². The fraction of sp³-hybridized carbons (Fsp3) is 0.458. The Hall–Kier alpha value is -2.90. The number of hydrogen-bond donors (Lipinski definition) is 3. The fourth-order valence-corrected chi connectivity index (χ4v) is 6.60. The smallest absolute Gasteiger partial charge is 0.459 e. The van der Waals surface area contributed by atoms with Crippen LogP contribution in [0.4, 0.5) is 4.39 Å². The van der Waals surface area contributed by atoms with Crippen molar-refractivity contribution in [2.24, 2.45) is 0 Å². The minimum absolute atomic E-state index is 0.0992. The van der Waals surface area contributed by atoms with Crippen LogP contribution in [0.2, 0.25) is 0 Å². The monoisotopic (exact) mass is 585 g/mol. The fourth-order valence-electron chi connectivity index (χ4n) is 3.90. The summed E-state index contributed by atoms with van der Waals surface area (Å²) in [5.41, 5.74) is -1.55. The Bertz CT molecular complexity index is 1390. The van der Waals surface area contributed by atoms with E-state index < -0.39 is 60.4 Å². The van der Waals surface area contributed by atoms with Gasteiger partial charge in [-0.25, -0.2) is 13.9 Å². The molecule has 0 aliphatic carbocycles. The van der Waals surface area contributed by atoms with Gasteiger partial charge in [-0.2, -0.15) is 9.48 Å². The lowest BCUT2D eigenvalue weighted by molar-refractivity contribution is -0.202. The van der Waals surface area contributed by atoms with Crippen LogP contribution < -0.4 is 20.9 Å². The molecule has 12 nitrogen and oxygen atoms in total. The number of aliphatic hydroxyl groups excluding tert-OH is 1. The van der Waals surface area contributed by atoms with Gasteiger partial charge < -0.3 is 19.1 Å². The van der Waals surface area contributed by atoms with Crippen LogP contribution in [0.1, 0.15) is 27.2 Å². The molecular weight excluding hydrogens is 556 g/mol. The predicted molar refractivity (Wildman–Crippen MR) is 141 cm³/mol. The molecule has 0 saturated carbocycles. The van der Waals surface area contributed by atoms with E-state index in [4.69, 9.17) is 18.5 Å². The van der Waals surface area contributed by atoms with Gasteiger partial charge in [0.15, 0.2) is 0 Å². The van der Waals surface area contributed by atoms with Crippen molar-refractivity contribution in [1.82, 2.24) is 14.6 Å². The molecule has 1 saturated heterocycles. The highest BCUT2D eigenvalue weighted by Crippen LogP contribution is 2.54. The molecule has 0 radical (unpaired) electrons. The number of carbonyl (C=O) groups excluding carboxylic acids is 1. The lowest BCUT2D eigenvalue weighted by Gasteiger charge is -2.50. The number of alkyl halides is 1. The normalized spacial score (nSPS) is 26.6. The molecule has 5 atom stereocenters. The quantitative estimate of drug-likeness (QED) is 0.278. The van der Waals surface area contributed by atoms with Gasteiger partial charge in [-0.1, -0.05) is 18.2 Å². The Morgan fingerprint density at radius 3 is 2.59 bits per heavy atom. The van der Waals surface area contributed by atoms with Crippen molar-refractivity contribution >= 4 is 31.4 Å². The number of rotatable bonds is 10. The van der Waals surface area contributed by atoms with Gasteiger partial charge in [0.2, 0.25) is 5.88 Å². The number of para-hydroxylation sites is 1. The van der Waals surface area contributed by atoms with E-state index >= 15 is 4.39 Å². The second-order valence-electron chi connectivity index (χ2n) is 9.32. The van der Waals surface area contributed by atoms with Crippen molar-refractivity contribution in [3.8, 4) is 5.75 Å². The third-order valence-electron chi connectivity index (χ3n) is 5.90. The Morgan fingerprint density at radius 1 is 1.31 bits per heavy atom. The maximum Gasteiger partial charge on any atom is 0.459 e. The molecule has 2 aromatic rings. The van der Waals surface area contributed by atoms with E-state index in [2.05, 4.69) is 10.1 Å². The molecule has 15 heteroatoms. The van der Waals surface area contributed by atoms with Crippen molar-refractivity contribution in [2.75, 3.05) is 12.4 Å². The van der Waals surface area contributed by atoms with E-state index in [0.717, 1.165) is 16.8 Å². The van der Waals surface area contributed by atoms with Crippen LogP contribution in [0.25, 0.3) is 5.88 Å². The maximum absolute atomic E-state index is 16.4. The number of ether oxygens (including phenoxy) is 2. The third kappa shape index (κ3) is 6.47. The number of carbonyl (C=O) groups is 1. The summed E-state index contributed by atoms with van der Waals surface area (Å²) in [5.74, 6) is -3.35. The number of hydrogen-bond acceptors (Lipinski definition) is 10. The second kappa shape index (κ2) is 11.3. The highest BCUT2D eigenvalue weighted by atomic mass is 32.2. The summed E-state index contributed by atoms with van der Waals surface area (Å²) in [5, 5.41) is 13.5. The number of nitrogens with zero attached hydrogens (tertiary/aromatic N) is 1. The van der Waals surface area contributed by atoms with Crippen LogP contribution >= 0.6 is 19.5 Å². The summed E-state index contributed by atoms with van der Waals surface area (Å²) in [6.07, 6.45) is 0.625. The van der Waals surface area contributed by atoms with E-state index in [1.165, 1.54) is 36.9 Å². The van der Waals surface area contributed by atoms with Gasteiger partial charge >= 0.3 is 25.3 Å². The van der Waals surface area contributed by atoms with Crippen LogP contribution in [0.3, 0.4) is 0 Å². The van der Waals surface area contributed by atoms with Crippen LogP contribution in [0.5, 0.6) is 5.75 Å². The highest BCUT2D eigenvalue weighted by molar-refractivity contribution is 8.02. The average Bonchev–Trinajstić information content (AvgIpc) is 2.84. The number of halogens is 1. The molecule has 2 aliphatic heterocycles. The second-order valence-corrected chi connectivity index (χ2v) is 12.5. The third-order valence-corrected chi connectivity index (χ3v) is 9.01. The minimum atomic E-state index is -4.49. The van der Waals surface area contributed by atoms with Crippen LogP contribution in [0, 0.1) is 0 Å². The Morgan fingerprint density at radius 2 is 2.00 bits per heavy atom. The molecule has 1 spiro atoms. The van der Waals surface area contributed by atoms with E-state index in [-0.39, 0.29) is 11.6 Å². The molecule has 1 fully saturated rings. The molecule has 0 bridgehead atoms. The van der Waals surface area contributed by atoms with Crippen LogP contribution in [-0.2, 0) is 23.4 Å². The Kier molecular flexibility index (Phi) is 8.43. The first-order valence-corrected chi connectivity index (χ1v) is 14.6. The summed E-state index contributed by atoms with van der Waals surface area (Å²) in [7, 11) is -4.49. The van der Waals surface area contributed by atoms with Crippen LogP contribution in [-0.4, -0.2) is 61.8 Å². The first kappa shape index (κ1) is 29.1. The highest BCUT2D eigenvalue weighted by Gasteiger charge is 2.60. The van der Waals surface area contributed by atoms with Gasteiger partial charge in [0.05, 0.1) is 10.9 Å². The molecule has 2 aliphatic rings. The largest absolute Gasteiger partial charge is 0.462 e. The minimum Gasteiger partial charge on any atom is -0.462 e. The molecule has 4 rings (SSSR count). The number of H-pyrrole nitrogens is 1. The number of aromatic amines is 1. The van der Waals surface area contributed by atoms with Crippen molar-refractivity contribution in [3.63, 3.8) is 0 Å². The first-order valence-electron chi connectivity index (χ1n) is 12.1. The number of esters is 1. The lowest BCUT2D eigenvalue weighted by atomic mass is 9.89. The van der Waals surface area contributed by atoms with Gasteiger partial charge in [-0.3, -0.25) is 19.1 Å². The van der Waals surface area contributed by atoms with Gasteiger partial charge in [0.25, 0.3) is 5.56 Å². The molecular formula is C24H29FN3O9PS. The van der Waals surface area contributed by atoms with Gasteiger partial charge in [-0.15, -0.1) is 11.8 Å². The molecule has 1 aromatic carbocycles. The number of thioether (sulfide) groups is 1. The molecule has 212 valence electrons. The Balaban J connectivity index is 1.62. The van der Waals surface area contributed by atoms with E-state index in [1.807, 2.05) is 0 Å². The zero-order valence-corrected chi connectivity index (χ0v) is 23.1. The molecule has 1 unspecified atom stereocenters. The van der Waals surface area contributed by atoms with Crippen LogP contribution in [0.15, 0.2) is 58.3 Å². The summed E-state index contributed by atoms with van der Waals surface area (Å²) in [6.45, 7) is 3.54. The number of aliphatic hydroxyl groups is 1. The first-order chi connectivity index (χ1) is 18.3. The number of aromatic nitrogens is 2. The van der Waals surface area contributed by atoms with Crippen molar-refractivity contribution in [1.29, 1.82) is 0 Å². The van der Waals surface area contributed by atoms with E-state index in [1.54, 1.807) is 32.0 Å². The number of benzene rings is 1. The predicted octanol–water partition coefficient (Wildman–Crippen LogP) is 2.40. The maximum atomic E-state index is 16.4. The van der Waals surface area contributed by atoms with E-state index in [0.29, 0.717) is 12.2 Å². The Labute approximate surface area is 227 Å². The summed E-state index contributed by atoms with van der Waals surface area (Å²) in [4.78, 5) is 38.3. The summed E-state index contributed by atoms with van der Waals surface area (Å²) >= 11 is 1.24. The van der Waals surface area contributed by atoms with Gasteiger partial charge in [0, 0.05) is 12.3 Å². The van der Waals surface area contributed by atoms with Gasteiger partial charge in [0.1, 0.15) is 24.5 Å². The summed E-state index contributed by atoms with van der Waals surface area (Å²) in [6, 6.07) is 7.74. The zero-order valence-electron chi connectivity index (χ0n) is 21.4. The topological polar surface area (TPSA) is 158 Å². The number of nitrogens with one attached hydrogen (secondary N) is 2. The molecule has 3 heterocycles. The molecule has 39 heavy (non-hydrogen) atoms. The molecule has 3 N–H and O–H groups in total. The van der Waals surface area contributed by atoms with Crippen molar-refractivity contribution < 1.29 is 37.4 Å². The SMILES string of the molecule is CC(C)OC(=O)[C@H](C)NP(=O)(OC[C@@]1(F)OC(n2ccc(=O)[nH]c2=O)=C[C@@]2(CCS2)[C@@H]1O)Oc1ccccc1. The summed E-state index contributed by atoms with van der Waals surface area (Å²) < 4.78 is 51.4. The molecule has 1 aromatic heterocycles. The average molecular weight is 586 g/mol.